The molecule has 0 bridgehead atoms. The van der Waals surface area contributed by atoms with E-state index in [4.69, 9.17) is 10.00 Å². The van der Waals surface area contributed by atoms with Gasteiger partial charge in [-0.2, -0.15) is 5.26 Å². The highest BCUT2D eigenvalue weighted by atomic mass is 35.5. The lowest BCUT2D eigenvalue weighted by molar-refractivity contribution is 0.198. The van der Waals surface area contributed by atoms with E-state index < -0.39 is 0 Å². The zero-order valence-electron chi connectivity index (χ0n) is 10.9. The molecule has 0 radical (unpaired) electrons. The molecular weight excluding hydrogens is 285 g/mol. The van der Waals surface area contributed by atoms with E-state index in [0.29, 0.717) is 25.0 Å². The number of rotatable bonds is 4. The fourth-order valence-corrected chi connectivity index (χ4v) is 2.29. The lowest BCUT2D eigenvalue weighted by Gasteiger charge is -2.19. The maximum absolute atomic E-state index is 8.70. The smallest absolute Gasteiger partial charge is 0.137 e. The standard InChI is InChI=1S/C13H17N3O.2ClH/c1-16-9-11(4-5-14)7-12(16)10-17-13-3-2-6-15-8-13;;/h2-3,6,8,11-12H,4,7,9-10H2,1H3;2*1H. The summed E-state index contributed by atoms with van der Waals surface area (Å²) in [5, 5.41) is 8.70. The Morgan fingerprint density at radius 3 is 2.95 bits per heavy atom. The lowest BCUT2D eigenvalue weighted by atomic mass is 10.0. The number of likely N-dealkylation sites (tertiary alicyclic amines) is 1. The molecule has 6 heteroatoms. The van der Waals surface area contributed by atoms with E-state index in [1.54, 1.807) is 12.4 Å². The number of hydrogen-bond donors (Lipinski definition) is 0. The van der Waals surface area contributed by atoms with Crippen LogP contribution in [0.15, 0.2) is 24.5 Å². The van der Waals surface area contributed by atoms with E-state index in [1.165, 1.54) is 0 Å². The summed E-state index contributed by atoms with van der Waals surface area (Å²) in [6.07, 6.45) is 5.15. The van der Waals surface area contributed by atoms with Gasteiger partial charge in [0.05, 0.1) is 12.3 Å². The largest absolute Gasteiger partial charge is 0.490 e. The highest BCUT2D eigenvalue weighted by Crippen LogP contribution is 2.24. The minimum Gasteiger partial charge on any atom is -0.490 e. The molecule has 19 heavy (non-hydrogen) atoms. The average Bonchev–Trinajstić information content (AvgIpc) is 2.69. The Bertz CT molecular complexity index is 397. The number of hydrogen-bond acceptors (Lipinski definition) is 4. The molecule has 2 rings (SSSR count). The second-order valence-corrected chi connectivity index (χ2v) is 4.56. The van der Waals surface area contributed by atoms with Crippen LogP contribution in [0.4, 0.5) is 0 Å². The van der Waals surface area contributed by atoms with Crippen molar-refractivity contribution < 1.29 is 4.74 Å². The van der Waals surface area contributed by atoms with Gasteiger partial charge in [0.25, 0.3) is 0 Å². The molecule has 1 saturated heterocycles. The molecule has 1 aliphatic heterocycles. The third kappa shape index (κ3) is 5.23. The van der Waals surface area contributed by atoms with Crippen molar-refractivity contribution in [1.29, 1.82) is 5.26 Å². The molecule has 106 valence electrons. The Morgan fingerprint density at radius 2 is 2.32 bits per heavy atom. The minimum atomic E-state index is 0. The maximum atomic E-state index is 8.70. The van der Waals surface area contributed by atoms with Crippen molar-refractivity contribution in [2.24, 2.45) is 5.92 Å². The van der Waals surface area contributed by atoms with Gasteiger partial charge >= 0.3 is 0 Å². The summed E-state index contributed by atoms with van der Waals surface area (Å²) < 4.78 is 5.70. The van der Waals surface area contributed by atoms with Gasteiger partial charge in [-0.3, -0.25) is 9.88 Å². The van der Waals surface area contributed by atoms with Gasteiger partial charge < -0.3 is 4.74 Å². The Kier molecular flexibility index (Phi) is 8.49. The molecule has 0 aliphatic carbocycles. The first-order valence-electron chi connectivity index (χ1n) is 5.89. The van der Waals surface area contributed by atoms with Crippen LogP contribution in [-0.2, 0) is 0 Å². The van der Waals surface area contributed by atoms with E-state index in [0.717, 1.165) is 18.7 Å². The SMILES string of the molecule is CN1CC(CC#N)CC1COc1cccnc1.Cl.Cl. The van der Waals surface area contributed by atoms with Crippen LogP contribution in [0.3, 0.4) is 0 Å². The van der Waals surface area contributed by atoms with Crippen molar-refractivity contribution in [3.05, 3.63) is 24.5 Å². The molecule has 0 spiro atoms. The number of halogens is 2. The topological polar surface area (TPSA) is 49.2 Å². The van der Waals surface area contributed by atoms with Crippen molar-refractivity contribution in [3.8, 4) is 11.8 Å². The van der Waals surface area contributed by atoms with Crippen molar-refractivity contribution in [3.63, 3.8) is 0 Å². The van der Waals surface area contributed by atoms with Crippen molar-refractivity contribution in [2.45, 2.75) is 18.9 Å². The molecule has 2 heterocycles. The number of pyridine rings is 1. The molecular formula is C13H19Cl2N3O. The molecule has 4 nitrogen and oxygen atoms in total. The van der Waals surface area contributed by atoms with E-state index >= 15 is 0 Å². The molecule has 0 saturated carbocycles. The lowest BCUT2D eigenvalue weighted by Crippen LogP contribution is -2.30. The van der Waals surface area contributed by atoms with Crippen molar-refractivity contribution in [1.82, 2.24) is 9.88 Å². The number of aromatic nitrogens is 1. The average molecular weight is 304 g/mol. The molecule has 2 unspecified atom stereocenters. The number of ether oxygens (including phenoxy) is 1. The van der Waals surface area contributed by atoms with Crippen LogP contribution in [0, 0.1) is 17.2 Å². The summed E-state index contributed by atoms with van der Waals surface area (Å²) in [5.74, 6) is 1.30. The van der Waals surface area contributed by atoms with Gasteiger partial charge in [0.2, 0.25) is 0 Å². The second kappa shape index (κ2) is 8.98. The maximum Gasteiger partial charge on any atom is 0.137 e. The first-order chi connectivity index (χ1) is 8.29. The van der Waals surface area contributed by atoms with E-state index in [-0.39, 0.29) is 24.8 Å². The van der Waals surface area contributed by atoms with Gasteiger partial charge in [0, 0.05) is 25.2 Å². The van der Waals surface area contributed by atoms with Crippen LogP contribution < -0.4 is 4.74 Å². The van der Waals surface area contributed by atoms with E-state index in [2.05, 4.69) is 23.0 Å². The predicted molar refractivity (Wildman–Crippen MR) is 79.0 cm³/mol. The summed E-state index contributed by atoms with van der Waals surface area (Å²) in [7, 11) is 2.09. The zero-order chi connectivity index (χ0) is 12.1. The van der Waals surface area contributed by atoms with E-state index in [1.807, 2.05) is 12.1 Å². The van der Waals surface area contributed by atoms with Gasteiger partial charge in [-0.1, -0.05) is 0 Å². The van der Waals surface area contributed by atoms with Crippen LogP contribution in [0.2, 0.25) is 0 Å². The molecule has 0 aromatic carbocycles. The number of nitrogens with zero attached hydrogens (tertiary/aromatic N) is 3. The quantitative estimate of drug-likeness (QED) is 0.857. The predicted octanol–water partition coefficient (Wildman–Crippen LogP) is 2.54. The fraction of sp³-hybridized carbons (Fsp3) is 0.538. The zero-order valence-corrected chi connectivity index (χ0v) is 12.5. The Balaban J connectivity index is 0.00000162. The van der Waals surface area contributed by atoms with Crippen LogP contribution >= 0.6 is 24.8 Å². The van der Waals surface area contributed by atoms with Gasteiger partial charge in [0.15, 0.2) is 0 Å². The van der Waals surface area contributed by atoms with Crippen molar-refractivity contribution in [2.75, 3.05) is 20.2 Å². The highest BCUT2D eigenvalue weighted by Gasteiger charge is 2.29. The molecule has 0 N–H and O–H groups in total. The molecule has 2 atom stereocenters. The van der Waals surface area contributed by atoms with Crippen LogP contribution in [0.25, 0.3) is 0 Å². The van der Waals surface area contributed by atoms with Crippen LogP contribution in [0.1, 0.15) is 12.8 Å². The Morgan fingerprint density at radius 1 is 1.53 bits per heavy atom. The minimum absolute atomic E-state index is 0. The summed E-state index contributed by atoms with van der Waals surface area (Å²) in [6, 6.07) is 6.44. The fourth-order valence-electron chi connectivity index (χ4n) is 2.29. The first kappa shape index (κ1) is 18.0. The summed E-state index contributed by atoms with van der Waals surface area (Å²) in [6.45, 7) is 1.67. The van der Waals surface area contributed by atoms with Gasteiger partial charge in [-0.05, 0) is 31.5 Å². The summed E-state index contributed by atoms with van der Waals surface area (Å²) in [5.41, 5.74) is 0. The van der Waals surface area contributed by atoms with Crippen molar-refractivity contribution >= 4 is 24.8 Å². The summed E-state index contributed by atoms with van der Waals surface area (Å²) in [4.78, 5) is 6.29. The van der Waals surface area contributed by atoms with Gasteiger partial charge in [-0.15, -0.1) is 24.8 Å². The van der Waals surface area contributed by atoms with E-state index in [9.17, 15) is 0 Å². The Hall–Kier alpha value is -1.02. The monoisotopic (exact) mass is 303 g/mol. The number of nitriles is 1. The molecule has 0 amide bonds. The normalized spacial score (nSPS) is 21.9. The molecule has 1 aromatic rings. The van der Waals surface area contributed by atoms with Crippen LogP contribution in [0.5, 0.6) is 5.75 Å². The summed E-state index contributed by atoms with van der Waals surface area (Å²) >= 11 is 0. The highest BCUT2D eigenvalue weighted by molar-refractivity contribution is 5.85. The Labute approximate surface area is 126 Å². The molecule has 1 aromatic heterocycles. The van der Waals surface area contributed by atoms with Gasteiger partial charge in [-0.25, -0.2) is 0 Å². The molecule has 1 aliphatic rings. The third-order valence-corrected chi connectivity index (χ3v) is 3.23. The third-order valence-electron chi connectivity index (χ3n) is 3.23. The van der Waals surface area contributed by atoms with Crippen LogP contribution in [-0.4, -0.2) is 36.1 Å². The van der Waals surface area contributed by atoms with Gasteiger partial charge in [0.1, 0.15) is 12.4 Å². The first-order valence-corrected chi connectivity index (χ1v) is 5.89. The second-order valence-electron chi connectivity index (χ2n) is 4.56. The molecule has 1 fully saturated rings. The number of likely N-dealkylation sites (N-methyl/N-ethyl adjacent to an activating group) is 1.